The maximum Gasteiger partial charge on any atom is 0.166 e. The number of aromatic nitrogens is 3. The Bertz CT molecular complexity index is 805. The zero-order valence-electron chi connectivity index (χ0n) is 15.6. The molecule has 0 N–H and O–H groups in total. The number of hydrogen-bond donors (Lipinski definition) is 0. The van der Waals surface area contributed by atoms with E-state index in [0.29, 0.717) is 22.4 Å². The molecule has 0 atom stereocenters. The minimum absolute atomic E-state index is 0.270. The highest BCUT2D eigenvalue weighted by molar-refractivity contribution is 9.10. The van der Waals surface area contributed by atoms with Crippen molar-refractivity contribution in [2.75, 3.05) is 41.9 Å². The fourth-order valence-corrected chi connectivity index (χ4v) is 4.05. The van der Waals surface area contributed by atoms with Crippen molar-refractivity contribution in [1.29, 1.82) is 0 Å². The summed E-state index contributed by atoms with van der Waals surface area (Å²) >= 11 is 3.27. The summed E-state index contributed by atoms with van der Waals surface area (Å²) in [6, 6.07) is 4.53. The highest BCUT2D eigenvalue weighted by atomic mass is 79.9. The van der Waals surface area contributed by atoms with Crippen LogP contribution in [0.2, 0.25) is 0 Å². The summed E-state index contributed by atoms with van der Waals surface area (Å²) in [6.45, 7) is 1.59. The Morgan fingerprint density at radius 3 is 2.30 bits per heavy atom. The quantitative estimate of drug-likeness (QED) is 0.717. The molecule has 27 heavy (non-hydrogen) atoms. The van der Waals surface area contributed by atoms with E-state index in [1.54, 1.807) is 12.5 Å². The van der Waals surface area contributed by atoms with E-state index in [2.05, 4.69) is 46.7 Å². The first kappa shape index (κ1) is 18.4. The number of anilines is 3. The van der Waals surface area contributed by atoms with Crippen LogP contribution in [0.25, 0.3) is 0 Å². The molecule has 3 heterocycles. The molecule has 1 aliphatic heterocycles. The van der Waals surface area contributed by atoms with E-state index in [1.807, 2.05) is 19.0 Å². The predicted octanol–water partition coefficient (Wildman–Crippen LogP) is 3.48. The van der Waals surface area contributed by atoms with Gasteiger partial charge in [0, 0.05) is 56.0 Å². The van der Waals surface area contributed by atoms with Gasteiger partial charge in [-0.05, 0) is 47.7 Å². The second kappa shape index (κ2) is 7.58. The SMILES string of the molecule is CN(C)c1cc(N(C2CC2)C2CCN(c3ncc(Br)cc3F)CC2)ncn1. The van der Waals surface area contributed by atoms with Gasteiger partial charge in [0.15, 0.2) is 11.6 Å². The van der Waals surface area contributed by atoms with E-state index < -0.39 is 0 Å². The van der Waals surface area contributed by atoms with E-state index in [0.717, 1.165) is 37.6 Å². The lowest BCUT2D eigenvalue weighted by Crippen LogP contribution is -2.47. The lowest BCUT2D eigenvalue weighted by atomic mass is 10.0. The zero-order valence-corrected chi connectivity index (χ0v) is 17.2. The summed E-state index contributed by atoms with van der Waals surface area (Å²) < 4.78 is 14.9. The first-order valence-corrected chi connectivity index (χ1v) is 10.2. The summed E-state index contributed by atoms with van der Waals surface area (Å²) in [5, 5.41) is 0. The largest absolute Gasteiger partial charge is 0.363 e. The van der Waals surface area contributed by atoms with Gasteiger partial charge < -0.3 is 14.7 Å². The third-order valence-electron chi connectivity index (χ3n) is 5.25. The molecule has 144 valence electrons. The van der Waals surface area contributed by atoms with E-state index in [-0.39, 0.29) is 5.82 Å². The molecule has 0 radical (unpaired) electrons. The van der Waals surface area contributed by atoms with Crippen LogP contribution in [-0.2, 0) is 0 Å². The van der Waals surface area contributed by atoms with Crippen molar-refractivity contribution in [2.24, 2.45) is 0 Å². The number of pyridine rings is 1. The average Bonchev–Trinajstić information content (AvgIpc) is 3.48. The van der Waals surface area contributed by atoms with Gasteiger partial charge in [-0.15, -0.1) is 0 Å². The van der Waals surface area contributed by atoms with Crippen molar-refractivity contribution >= 4 is 33.4 Å². The fraction of sp³-hybridized carbons (Fsp3) is 0.526. The number of piperidine rings is 1. The van der Waals surface area contributed by atoms with E-state index in [4.69, 9.17) is 0 Å². The van der Waals surface area contributed by atoms with E-state index in [1.165, 1.54) is 18.9 Å². The lowest BCUT2D eigenvalue weighted by Gasteiger charge is -2.40. The molecule has 0 unspecified atom stereocenters. The van der Waals surface area contributed by atoms with Gasteiger partial charge in [0.25, 0.3) is 0 Å². The van der Waals surface area contributed by atoms with Crippen molar-refractivity contribution in [3.8, 4) is 0 Å². The van der Waals surface area contributed by atoms with Crippen molar-refractivity contribution in [1.82, 2.24) is 15.0 Å². The van der Waals surface area contributed by atoms with E-state index >= 15 is 0 Å². The summed E-state index contributed by atoms with van der Waals surface area (Å²) in [7, 11) is 3.98. The molecule has 1 aliphatic carbocycles. The Hall–Kier alpha value is -1.96. The van der Waals surface area contributed by atoms with E-state index in [9.17, 15) is 4.39 Å². The van der Waals surface area contributed by atoms with Crippen LogP contribution in [0.3, 0.4) is 0 Å². The van der Waals surface area contributed by atoms with Crippen LogP contribution < -0.4 is 14.7 Å². The molecular weight excluding hydrogens is 411 g/mol. The minimum Gasteiger partial charge on any atom is -0.363 e. The molecule has 2 fully saturated rings. The molecule has 0 spiro atoms. The second-order valence-corrected chi connectivity index (χ2v) is 8.36. The molecule has 0 aromatic carbocycles. The van der Waals surface area contributed by atoms with Gasteiger partial charge in [-0.2, -0.15) is 0 Å². The molecule has 2 aromatic heterocycles. The Kier molecular flexibility index (Phi) is 5.16. The molecule has 4 rings (SSSR count). The standard InChI is InChI=1S/C19H24BrFN6/c1-25(2)17-10-18(24-12-23-17)27(14-3-4-14)15-5-7-26(8-6-15)19-16(21)9-13(20)11-22-19/h9-12,14-15H,3-8H2,1-2H3. The van der Waals surface area contributed by atoms with Gasteiger partial charge in [0.2, 0.25) is 0 Å². The number of nitrogens with zero attached hydrogens (tertiary/aromatic N) is 6. The van der Waals surface area contributed by atoms with Crippen LogP contribution >= 0.6 is 15.9 Å². The van der Waals surface area contributed by atoms with Crippen LogP contribution in [-0.4, -0.2) is 54.2 Å². The smallest absolute Gasteiger partial charge is 0.166 e. The monoisotopic (exact) mass is 434 g/mol. The third-order valence-corrected chi connectivity index (χ3v) is 5.68. The van der Waals surface area contributed by atoms with Gasteiger partial charge in [0.05, 0.1) is 0 Å². The first-order chi connectivity index (χ1) is 13.0. The summed E-state index contributed by atoms with van der Waals surface area (Å²) in [4.78, 5) is 19.7. The van der Waals surface area contributed by atoms with Gasteiger partial charge in [-0.25, -0.2) is 19.3 Å². The zero-order chi connectivity index (χ0) is 19.0. The van der Waals surface area contributed by atoms with Crippen molar-refractivity contribution in [2.45, 2.75) is 37.8 Å². The summed E-state index contributed by atoms with van der Waals surface area (Å²) in [6.07, 6.45) is 7.67. The Labute approximate surface area is 167 Å². The minimum atomic E-state index is -0.270. The topological polar surface area (TPSA) is 48.4 Å². The normalized spacial score (nSPS) is 17.9. The van der Waals surface area contributed by atoms with Crippen LogP contribution in [0.4, 0.5) is 21.8 Å². The molecule has 0 amide bonds. The van der Waals surface area contributed by atoms with Crippen LogP contribution in [0.5, 0.6) is 0 Å². The highest BCUT2D eigenvalue weighted by Gasteiger charge is 2.37. The molecule has 6 nitrogen and oxygen atoms in total. The third kappa shape index (κ3) is 4.00. The van der Waals surface area contributed by atoms with Crippen molar-refractivity contribution in [3.63, 3.8) is 0 Å². The van der Waals surface area contributed by atoms with Crippen LogP contribution in [0.1, 0.15) is 25.7 Å². The van der Waals surface area contributed by atoms with Gasteiger partial charge in [-0.1, -0.05) is 0 Å². The van der Waals surface area contributed by atoms with Crippen LogP contribution in [0, 0.1) is 5.82 Å². The van der Waals surface area contributed by atoms with Crippen LogP contribution in [0.15, 0.2) is 29.1 Å². The van der Waals surface area contributed by atoms with Gasteiger partial charge in [0.1, 0.15) is 18.0 Å². The Morgan fingerprint density at radius 2 is 1.67 bits per heavy atom. The number of rotatable bonds is 5. The molecule has 0 bridgehead atoms. The summed E-state index contributed by atoms with van der Waals surface area (Å²) in [5.41, 5.74) is 0. The van der Waals surface area contributed by atoms with Crippen molar-refractivity contribution < 1.29 is 4.39 Å². The Morgan fingerprint density at radius 1 is 1.00 bits per heavy atom. The first-order valence-electron chi connectivity index (χ1n) is 9.36. The predicted molar refractivity (Wildman–Crippen MR) is 109 cm³/mol. The highest BCUT2D eigenvalue weighted by Crippen LogP contribution is 2.36. The molecule has 1 saturated heterocycles. The van der Waals surface area contributed by atoms with Gasteiger partial charge >= 0.3 is 0 Å². The van der Waals surface area contributed by atoms with Crippen molar-refractivity contribution in [3.05, 3.63) is 34.9 Å². The molecule has 8 heteroatoms. The van der Waals surface area contributed by atoms with Gasteiger partial charge in [-0.3, -0.25) is 0 Å². The maximum absolute atomic E-state index is 14.2. The molecule has 2 aromatic rings. The lowest BCUT2D eigenvalue weighted by molar-refractivity contribution is 0.452. The number of halogens is 2. The average molecular weight is 435 g/mol. The maximum atomic E-state index is 14.2. The summed E-state index contributed by atoms with van der Waals surface area (Å²) in [5.74, 6) is 2.10. The molecule has 1 saturated carbocycles. The Balaban J connectivity index is 1.49. The second-order valence-electron chi connectivity index (χ2n) is 7.44. The molecular formula is C19H24BrFN6. The number of hydrogen-bond acceptors (Lipinski definition) is 6. The molecule has 2 aliphatic rings. The fourth-order valence-electron chi connectivity index (χ4n) is 3.74.